The number of amides is 1. The van der Waals surface area contributed by atoms with Crippen molar-refractivity contribution in [1.29, 1.82) is 0 Å². The first-order valence-electron chi connectivity index (χ1n) is 7.80. The lowest BCUT2D eigenvalue weighted by atomic mass is 10.1. The third-order valence-electron chi connectivity index (χ3n) is 3.69. The van der Waals surface area contributed by atoms with Gasteiger partial charge in [-0.25, -0.2) is 5.43 Å². The Labute approximate surface area is 160 Å². The summed E-state index contributed by atoms with van der Waals surface area (Å²) in [6.07, 6.45) is -0.790. The summed E-state index contributed by atoms with van der Waals surface area (Å²) >= 11 is 11.9. The molecule has 26 heavy (non-hydrogen) atoms. The lowest BCUT2D eigenvalue weighted by Crippen LogP contribution is -2.34. The summed E-state index contributed by atoms with van der Waals surface area (Å²) in [6.45, 7) is 3.58. The minimum atomic E-state index is -0.790. The fourth-order valence-corrected chi connectivity index (χ4v) is 2.68. The molecule has 8 heteroatoms. The number of carbonyl (C=O) groups is 1. The number of hydrazone groups is 1. The Morgan fingerprint density at radius 1 is 1.19 bits per heavy atom. The van der Waals surface area contributed by atoms with E-state index in [9.17, 15) is 4.79 Å². The van der Waals surface area contributed by atoms with E-state index in [2.05, 4.69) is 10.5 Å². The van der Waals surface area contributed by atoms with Crippen LogP contribution in [0.1, 0.15) is 19.4 Å². The molecule has 0 unspecified atom stereocenters. The predicted molar refractivity (Wildman–Crippen MR) is 99.5 cm³/mol. The lowest BCUT2D eigenvalue weighted by Gasteiger charge is -2.14. The molecule has 2 aromatic rings. The second-order valence-corrected chi connectivity index (χ2v) is 6.42. The number of halogens is 2. The average Bonchev–Trinajstić information content (AvgIpc) is 3.09. The molecule has 1 N–H and O–H groups in total. The summed E-state index contributed by atoms with van der Waals surface area (Å²) in [5.41, 5.74) is 3.91. The molecular formula is C18H16Cl2N2O4. The van der Waals surface area contributed by atoms with Crippen molar-refractivity contribution in [1.82, 2.24) is 5.43 Å². The van der Waals surface area contributed by atoms with Gasteiger partial charge in [-0.15, -0.1) is 0 Å². The Morgan fingerprint density at radius 2 is 1.96 bits per heavy atom. The van der Waals surface area contributed by atoms with Crippen molar-refractivity contribution in [3.05, 3.63) is 52.0 Å². The first-order chi connectivity index (χ1) is 12.4. The Kier molecular flexibility index (Phi) is 5.54. The van der Waals surface area contributed by atoms with Crippen molar-refractivity contribution in [3.8, 4) is 17.2 Å². The molecule has 1 atom stereocenters. The Morgan fingerprint density at radius 3 is 2.73 bits per heavy atom. The molecule has 1 heterocycles. The number of nitrogens with one attached hydrogen (secondary N) is 1. The third-order valence-corrected chi connectivity index (χ3v) is 4.22. The molecule has 0 bridgehead atoms. The highest BCUT2D eigenvalue weighted by Gasteiger charge is 2.17. The third kappa shape index (κ3) is 4.20. The fraction of sp³-hybridized carbons (Fsp3) is 0.222. The number of hydrogen-bond donors (Lipinski definition) is 1. The minimum absolute atomic E-state index is 0.202. The van der Waals surface area contributed by atoms with Crippen LogP contribution in [-0.2, 0) is 4.79 Å². The van der Waals surface area contributed by atoms with Gasteiger partial charge in [0.05, 0.1) is 10.7 Å². The van der Waals surface area contributed by atoms with Crippen LogP contribution < -0.4 is 19.6 Å². The van der Waals surface area contributed by atoms with Crippen molar-refractivity contribution >= 4 is 34.8 Å². The smallest absolute Gasteiger partial charge is 0.280 e. The van der Waals surface area contributed by atoms with Crippen LogP contribution in [0.2, 0.25) is 10.0 Å². The largest absolute Gasteiger partial charge is 0.479 e. The number of nitrogens with zero attached hydrogens (tertiary/aromatic N) is 1. The van der Waals surface area contributed by atoms with Crippen LogP contribution in [0.3, 0.4) is 0 Å². The second kappa shape index (κ2) is 7.85. The molecule has 0 spiro atoms. The highest BCUT2D eigenvalue weighted by atomic mass is 35.5. The van der Waals surface area contributed by atoms with Crippen molar-refractivity contribution in [3.63, 3.8) is 0 Å². The summed E-state index contributed by atoms with van der Waals surface area (Å²) in [7, 11) is 0. The van der Waals surface area contributed by atoms with Crippen LogP contribution >= 0.6 is 23.2 Å². The zero-order valence-corrected chi connectivity index (χ0v) is 15.6. The molecule has 3 rings (SSSR count). The predicted octanol–water partition coefficient (Wildman–Crippen LogP) is 4.03. The summed E-state index contributed by atoms with van der Waals surface area (Å²) in [5, 5.41) is 4.93. The summed E-state index contributed by atoms with van der Waals surface area (Å²) in [5.74, 6) is 1.30. The highest BCUT2D eigenvalue weighted by Crippen LogP contribution is 2.32. The van der Waals surface area contributed by atoms with E-state index in [0.29, 0.717) is 33.0 Å². The molecule has 2 aromatic carbocycles. The van der Waals surface area contributed by atoms with E-state index in [1.807, 2.05) is 6.07 Å². The normalized spacial score (nSPS) is 14.1. The van der Waals surface area contributed by atoms with Gasteiger partial charge in [-0.3, -0.25) is 4.79 Å². The summed E-state index contributed by atoms with van der Waals surface area (Å²) in [6, 6.07) is 10.2. The number of rotatable bonds is 5. The van der Waals surface area contributed by atoms with E-state index in [0.717, 1.165) is 5.56 Å². The number of fused-ring (bicyclic) bond motifs is 1. The maximum absolute atomic E-state index is 12.2. The molecule has 1 aliphatic rings. The Bertz CT molecular complexity index is 870. The van der Waals surface area contributed by atoms with Crippen LogP contribution in [0, 0.1) is 0 Å². The molecule has 6 nitrogen and oxygen atoms in total. The fourth-order valence-electron chi connectivity index (χ4n) is 2.23. The number of carbonyl (C=O) groups excluding carboxylic acids is 1. The topological polar surface area (TPSA) is 69.2 Å². The van der Waals surface area contributed by atoms with Gasteiger partial charge in [0.25, 0.3) is 5.91 Å². The van der Waals surface area contributed by atoms with E-state index in [1.165, 1.54) is 0 Å². The number of ether oxygens (including phenoxy) is 3. The Hall–Kier alpha value is -2.44. The molecule has 0 saturated carbocycles. The standard InChI is InChI=1S/C18H16Cl2N2O4/c1-10(12-3-5-16-17(7-12)25-9-24-16)21-22-18(23)11(2)26-15-6-4-13(19)8-14(15)20/h3-8,11H,9H2,1-2H3,(H,22,23)/b21-10-/t11-/m0/s1. The van der Waals surface area contributed by atoms with Gasteiger partial charge in [0.15, 0.2) is 17.6 Å². The van der Waals surface area contributed by atoms with Crippen molar-refractivity contribution in [2.75, 3.05) is 6.79 Å². The monoisotopic (exact) mass is 394 g/mol. The van der Waals surface area contributed by atoms with E-state index < -0.39 is 12.0 Å². The van der Waals surface area contributed by atoms with E-state index in [-0.39, 0.29) is 6.79 Å². The van der Waals surface area contributed by atoms with Gasteiger partial charge in [0.1, 0.15) is 5.75 Å². The molecule has 0 radical (unpaired) electrons. The van der Waals surface area contributed by atoms with Crippen LogP contribution in [0.5, 0.6) is 17.2 Å². The van der Waals surface area contributed by atoms with Gasteiger partial charge in [0.2, 0.25) is 6.79 Å². The van der Waals surface area contributed by atoms with Gasteiger partial charge < -0.3 is 14.2 Å². The quantitative estimate of drug-likeness (QED) is 0.613. The van der Waals surface area contributed by atoms with Crippen LogP contribution in [0.4, 0.5) is 0 Å². The molecule has 136 valence electrons. The maximum Gasteiger partial charge on any atom is 0.280 e. The van der Waals surface area contributed by atoms with E-state index in [1.54, 1.807) is 44.2 Å². The first-order valence-corrected chi connectivity index (χ1v) is 8.55. The molecular weight excluding hydrogens is 379 g/mol. The molecule has 1 amide bonds. The molecule has 1 aliphatic heterocycles. The number of benzene rings is 2. The summed E-state index contributed by atoms with van der Waals surface area (Å²) in [4.78, 5) is 12.2. The lowest BCUT2D eigenvalue weighted by molar-refractivity contribution is -0.127. The highest BCUT2D eigenvalue weighted by molar-refractivity contribution is 6.35. The van der Waals surface area contributed by atoms with E-state index >= 15 is 0 Å². The minimum Gasteiger partial charge on any atom is -0.479 e. The van der Waals surface area contributed by atoms with Crippen molar-refractivity contribution < 1.29 is 19.0 Å². The Balaban J connectivity index is 1.62. The van der Waals surface area contributed by atoms with Crippen LogP contribution in [0.25, 0.3) is 0 Å². The summed E-state index contributed by atoms with van der Waals surface area (Å²) < 4.78 is 16.2. The van der Waals surface area contributed by atoms with E-state index in [4.69, 9.17) is 37.4 Å². The molecule has 0 saturated heterocycles. The maximum atomic E-state index is 12.2. The zero-order valence-electron chi connectivity index (χ0n) is 14.1. The van der Waals surface area contributed by atoms with Crippen molar-refractivity contribution in [2.45, 2.75) is 20.0 Å². The molecule has 0 aliphatic carbocycles. The first kappa shape index (κ1) is 18.4. The van der Waals surface area contributed by atoms with Gasteiger partial charge in [-0.1, -0.05) is 23.2 Å². The van der Waals surface area contributed by atoms with Crippen molar-refractivity contribution in [2.24, 2.45) is 5.10 Å². The molecule has 0 fully saturated rings. The zero-order chi connectivity index (χ0) is 18.7. The van der Waals surface area contributed by atoms with Crippen LogP contribution in [0.15, 0.2) is 41.5 Å². The molecule has 0 aromatic heterocycles. The van der Waals surface area contributed by atoms with Gasteiger partial charge >= 0.3 is 0 Å². The van der Waals surface area contributed by atoms with Gasteiger partial charge in [-0.05, 0) is 50.2 Å². The van der Waals surface area contributed by atoms with Gasteiger partial charge in [-0.2, -0.15) is 5.10 Å². The van der Waals surface area contributed by atoms with Gasteiger partial charge in [0, 0.05) is 10.6 Å². The SMILES string of the molecule is C/C(=N/NC(=O)[C@H](C)Oc1ccc(Cl)cc1Cl)c1ccc2c(c1)OCO2. The second-order valence-electron chi connectivity index (χ2n) is 5.58. The average molecular weight is 395 g/mol. The number of hydrogen-bond acceptors (Lipinski definition) is 5. The van der Waals surface area contributed by atoms with Crippen LogP contribution in [-0.4, -0.2) is 24.5 Å².